The molecule has 10 heteroatoms. The minimum absolute atomic E-state index is 0.0485. The predicted octanol–water partition coefficient (Wildman–Crippen LogP) is 4.55. The van der Waals surface area contributed by atoms with E-state index < -0.39 is 4.92 Å². The fourth-order valence-electron chi connectivity index (χ4n) is 4.03. The zero-order chi connectivity index (χ0) is 25.6. The summed E-state index contributed by atoms with van der Waals surface area (Å²) in [6, 6.07) is 22.1. The maximum Gasteiger partial charge on any atom is 0.315 e. The second-order valence-corrected chi connectivity index (χ2v) is 8.82. The van der Waals surface area contributed by atoms with Crippen molar-refractivity contribution in [3.8, 4) is 23.0 Å². The molecule has 0 aliphatic carbocycles. The van der Waals surface area contributed by atoms with Crippen LogP contribution in [0.5, 0.6) is 11.5 Å². The monoisotopic (exact) mass is 501 g/mol. The number of benzene rings is 3. The van der Waals surface area contributed by atoms with Crippen LogP contribution in [-0.4, -0.2) is 53.2 Å². The summed E-state index contributed by atoms with van der Waals surface area (Å²) in [4.78, 5) is 20.4. The van der Waals surface area contributed by atoms with Gasteiger partial charge in [-0.15, -0.1) is 0 Å². The standard InChI is InChI=1S/C27H27N5O5/c1-30-12-14-31(15-13-30)27-28-26(37-29-27)22-16-23(32(33)34)25(36-19-21-10-6-3-7-11-21)24(17-22)35-18-20-8-4-2-5-9-20/h2-11,16-17H,12-15,18-19H2,1H3. The number of ether oxygens (including phenoxy) is 2. The van der Waals surface area contributed by atoms with Crippen molar-refractivity contribution < 1.29 is 18.9 Å². The number of nitrogens with zero attached hydrogens (tertiary/aromatic N) is 5. The largest absolute Gasteiger partial charge is 0.485 e. The lowest BCUT2D eigenvalue weighted by molar-refractivity contribution is -0.386. The molecule has 1 saturated heterocycles. The molecule has 3 aromatic carbocycles. The van der Waals surface area contributed by atoms with Crippen LogP contribution in [0.4, 0.5) is 11.6 Å². The molecule has 0 radical (unpaired) electrons. The van der Waals surface area contributed by atoms with Gasteiger partial charge in [-0.1, -0.05) is 60.7 Å². The van der Waals surface area contributed by atoms with E-state index >= 15 is 0 Å². The lowest BCUT2D eigenvalue weighted by atomic mass is 10.1. The lowest BCUT2D eigenvalue weighted by Crippen LogP contribution is -2.44. The zero-order valence-electron chi connectivity index (χ0n) is 20.4. The van der Waals surface area contributed by atoms with Crippen molar-refractivity contribution in [3.05, 3.63) is 94.0 Å². The summed E-state index contributed by atoms with van der Waals surface area (Å²) in [6.45, 7) is 3.68. The van der Waals surface area contributed by atoms with Crippen LogP contribution in [0.1, 0.15) is 11.1 Å². The van der Waals surface area contributed by atoms with E-state index in [-0.39, 0.29) is 36.3 Å². The van der Waals surface area contributed by atoms with E-state index in [2.05, 4.69) is 22.1 Å². The Labute approximate surface area is 214 Å². The van der Waals surface area contributed by atoms with Gasteiger partial charge in [0.1, 0.15) is 13.2 Å². The van der Waals surface area contributed by atoms with Crippen molar-refractivity contribution in [2.45, 2.75) is 13.2 Å². The third kappa shape index (κ3) is 5.87. The molecule has 0 amide bonds. The minimum Gasteiger partial charge on any atom is -0.485 e. The molecule has 2 heterocycles. The minimum atomic E-state index is -0.489. The number of aromatic nitrogens is 2. The molecular weight excluding hydrogens is 474 g/mol. The summed E-state index contributed by atoms with van der Waals surface area (Å²) in [5.74, 6) is 0.911. The van der Waals surface area contributed by atoms with E-state index in [1.807, 2.05) is 65.6 Å². The molecule has 1 fully saturated rings. The Morgan fingerprint density at radius 1 is 0.919 bits per heavy atom. The van der Waals surface area contributed by atoms with E-state index in [9.17, 15) is 10.1 Å². The maximum atomic E-state index is 12.1. The Morgan fingerprint density at radius 2 is 1.54 bits per heavy atom. The number of nitro groups is 1. The van der Waals surface area contributed by atoms with Crippen LogP contribution >= 0.6 is 0 Å². The van der Waals surface area contributed by atoms with Crippen molar-refractivity contribution >= 4 is 11.6 Å². The van der Waals surface area contributed by atoms with Gasteiger partial charge in [0, 0.05) is 32.2 Å². The third-order valence-electron chi connectivity index (χ3n) is 6.14. The summed E-state index contributed by atoms with van der Waals surface area (Å²) in [7, 11) is 2.07. The van der Waals surface area contributed by atoms with Gasteiger partial charge in [0.2, 0.25) is 5.75 Å². The van der Waals surface area contributed by atoms with E-state index in [1.54, 1.807) is 6.07 Å². The summed E-state index contributed by atoms with van der Waals surface area (Å²) in [5, 5.41) is 16.2. The number of anilines is 1. The molecule has 0 N–H and O–H groups in total. The number of rotatable bonds is 9. The van der Waals surface area contributed by atoms with Gasteiger partial charge in [0.05, 0.1) is 10.5 Å². The van der Waals surface area contributed by atoms with Crippen LogP contribution in [-0.2, 0) is 13.2 Å². The van der Waals surface area contributed by atoms with E-state index in [4.69, 9.17) is 14.0 Å². The summed E-state index contributed by atoms with van der Waals surface area (Å²) in [6.07, 6.45) is 0. The number of nitro benzene ring substituents is 1. The summed E-state index contributed by atoms with van der Waals surface area (Å²) >= 11 is 0. The fourth-order valence-corrected chi connectivity index (χ4v) is 4.03. The van der Waals surface area contributed by atoms with Crippen LogP contribution in [0.15, 0.2) is 77.3 Å². The first-order valence-electron chi connectivity index (χ1n) is 12.0. The van der Waals surface area contributed by atoms with Gasteiger partial charge in [0.15, 0.2) is 5.75 Å². The second-order valence-electron chi connectivity index (χ2n) is 8.82. The Balaban J connectivity index is 1.47. The SMILES string of the molecule is CN1CCN(c2noc(-c3cc(OCc4ccccc4)c(OCc4ccccc4)c([N+](=O)[O-])c3)n2)CC1. The van der Waals surface area contributed by atoms with Gasteiger partial charge in [-0.3, -0.25) is 10.1 Å². The Hall–Kier alpha value is -4.44. The van der Waals surface area contributed by atoms with Gasteiger partial charge in [-0.25, -0.2) is 0 Å². The van der Waals surface area contributed by atoms with Crippen LogP contribution in [0.2, 0.25) is 0 Å². The first-order valence-corrected chi connectivity index (χ1v) is 12.0. The molecule has 190 valence electrons. The molecule has 1 aliphatic rings. The highest BCUT2D eigenvalue weighted by Crippen LogP contribution is 2.42. The van der Waals surface area contributed by atoms with E-state index in [0.717, 1.165) is 37.3 Å². The highest BCUT2D eigenvalue weighted by Gasteiger charge is 2.26. The van der Waals surface area contributed by atoms with Gasteiger partial charge < -0.3 is 23.8 Å². The Bertz CT molecular complexity index is 1340. The average Bonchev–Trinajstić information content (AvgIpc) is 3.42. The quantitative estimate of drug-likeness (QED) is 0.241. The molecule has 0 saturated carbocycles. The number of hydrogen-bond acceptors (Lipinski definition) is 9. The molecule has 0 atom stereocenters. The first-order chi connectivity index (χ1) is 18.1. The lowest BCUT2D eigenvalue weighted by Gasteiger charge is -2.31. The molecular formula is C27H27N5O5. The molecule has 0 spiro atoms. The van der Waals surface area contributed by atoms with E-state index in [0.29, 0.717) is 11.5 Å². The van der Waals surface area contributed by atoms with Gasteiger partial charge in [-0.2, -0.15) is 4.98 Å². The normalized spacial score (nSPS) is 13.9. The van der Waals surface area contributed by atoms with Gasteiger partial charge in [0.25, 0.3) is 11.8 Å². The van der Waals surface area contributed by atoms with Gasteiger partial charge >= 0.3 is 5.69 Å². The Kier molecular flexibility index (Phi) is 7.27. The van der Waals surface area contributed by atoms with E-state index in [1.165, 1.54) is 6.07 Å². The maximum absolute atomic E-state index is 12.1. The highest BCUT2D eigenvalue weighted by molar-refractivity contribution is 5.69. The predicted molar refractivity (Wildman–Crippen MR) is 138 cm³/mol. The molecule has 4 aromatic rings. The molecule has 1 aromatic heterocycles. The number of piperazine rings is 1. The number of likely N-dealkylation sites (N-methyl/N-ethyl adjacent to an activating group) is 1. The van der Waals surface area contributed by atoms with Crippen LogP contribution in [0.25, 0.3) is 11.5 Å². The molecule has 37 heavy (non-hydrogen) atoms. The third-order valence-corrected chi connectivity index (χ3v) is 6.14. The molecule has 0 bridgehead atoms. The first kappa shape index (κ1) is 24.3. The van der Waals surface area contributed by atoms with Crippen molar-refractivity contribution in [2.24, 2.45) is 0 Å². The second kappa shape index (κ2) is 11.1. The zero-order valence-corrected chi connectivity index (χ0v) is 20.4. The summed E-state index contributed by atoms with van der Waals surface area (Å²) in [5.41, 5.74) is 1.94. The molecule has 10 nitrogen and oxygen atoms in total. The molecule has 1 aliphatic heterocycles. The fraction of sp³-hybridized carbons (Fsp3) is 0.259. The van der Waals surface area contributed by atoms with Crippen LogP contribution < -0.4 is 14.4 Å². The summed E-state index contributed by atoms with van der Waals surface area (Å²) < 4.78 is 17.5. The smallest absolute Gasteiger partial charge is 0.315 e. The van der Waals surface area contributed by atoms with Crippen molar-refractivity contribution in [3.63, 3.8) is 0 Å². The molecule has 0 unspecified atom stereocenters. The number of hydrogen-bond donors (Lipinski definition) is 0. The average molecular weight is 502 g/mol. The Morgan fingerprint density at radius 3 is 2.16 bits per heavy atom. The van der Waals surface area contributed by atoms with Crippen LogP contribution in [0.3, 0.4) is 0 Å². The van der Waals surface area contributed by atoms with Crippen molar-refractivity contribution in [2.75, 3.05) is 38.1 Å². The molecule has 5 rings (SSSR count). The van der Waals surface area contributed by atoms with Gasteiger partial charge in [-0.05, 0) is 29.4 Å². The highest BCUT2D eigenvalue weighted by atomic mass is 16.6. The van der Waals surface area contributed by atoms with Crippen molar-refractivity contribution in [1.82, 2.24) is 15.0 Å². The van der Waals surface area contributed by atoms with Crippen LogP contribution in [0, 0.1) is 10.1 Å². The topological polar surface area (TPSA) is 107 Å². The van der Waals surface area contributed by atoms with Crippen molar-refractivity contribution in [1.29, 1.82) is 0 Å².